The maximum atomic E-state index is 12.9. The van der Waals surface area contributed by atoms with Gasteiger partial charge in [0.2, 0.25) is 5.96 Å². The predicted octanol–water partition coefficient (Wildman–Crippen LogP) is 2.58. The molecule has 0 N–H and O–H groups in total. The third-order valence-corrected chi connectivity index (χ3v) is 5.82. The van der Waals surface area contributed by atoms with E-state index in [9.17, 15) is 9.59 Å². The van der Waals surface area contributed by atoms with Crippen molar-refractivity contribution in [2.45, 2.75) is 19.1 Å². The van der Waals surface area contributed by atoms with Crippen molar-refractivity contribution in [3.8, 4) is 11.5 Å². The van der Waals surface area contributed by atoms with Crippen molar-refractivity contribution >= 4 is 23.6 Å². The van der Waals surface area contributed by atoms with Gasteiger partial charge in [-0.3, -0.25) is 9.69 Å². The van der Waals surface area contributed by atoms with Gasteiger partial charge in [0.25, 0.3) is 5.91 Å². The van der Waals surface area contributed by atoms with Gasteiger partial charge in [0.1, 0.15) is 11.5 Å². The second-order valence-corrected chi connectivity index (χ2v) is 7.52. The molecule has 0 bridgehead atoms. The maximum Gasteiger partial charge on any atom is 0.328 e. The van der Waals surface area contributed by atoms with Gasteiger partial charge in [-0.1, -0.05) is 18.2 Å². The highest BCUT2D eigenvalue weighted by Crippen LogP contribution is 2.34. The minimum atomic E-state index is -0.480. The number of carbonyl (C=O) groups is 2. The Labute approximate surface area is 174 Å². The molecule has 3 aliphatic heterocycles. The smallest absolute Gasteiger partial charge is 0.328 e. The number of para-hydroxylation sites is 1. The van der Waals surface area contributed by atoms with Crippen LogP contribution in [-0.4, -0.2) is 71.5 Å². The molecule has 2 fully saturated rings. The number of ether oxygens (including phenoxy) is 1. The molecule has 3 amide bonds. The number of imide groups is 1. The van der Waals surface area contributed by atoms with Crippen LogP contribution in [0, 0.1) is 0 Å². The Kier molecular flexibility index (Phi) is 4.34. The zero-order valence-electron chi connectivity index (χ0n) is 16.9. The molecule has 0 radical (unpaired) electrons. The second kappa shape index (κ2) is 7.05. The van der Waals surface area contributed by atoms with Crippen LogP contribution in [0.4, 0.5) is 10.5 Å². The highest BCUT2D eigenvalue weighted by Gasteiger charge is 2.54. The predicted molar refractivity (Wildman–Crippen MR) is 113 cm³/mol. The van der Waals surface area contributed by atoms with Gasteiger partial charge < -0.3 is 19.4 Å². The summed E-state index contributed by atoms with van der Waals surface area (Å²) in [5, 5.41) is 0. The van der Waals surface area contributed by atoms with E-state index in [-0.39, 0.29) is 11.9 Å². The van der Waals surface area contributed by atoms with E-state index >= 15 is 0 Å². The van der Waals surface area contributed by atoms with E-state index < -0.39 is 12.2 Å². The first kappa shape index (κ1) is 18.5. The number of hydrogen-bond acceptors (Lipinski definition) is 6. The lowest BCUT2D eigenvalue weighted by molar-refractivity contribution is -0.137. The average Bonchev–Trinajstić information content (AvgIpc) is 3.33. The quantitative estimate of drug-likeness (QED) is 0.782. The molecule has 0 saturated carbocycles. The summed E-state index contributed by atoms with van der Waals surface area (Å²) in [6.07, 6.45) is -0.480. The summed E-state index contributed by atoms with van der Waals surface area (Å²) in [7, 11) is 1.71. The topological polar surface area (TPSA) is 68.7 Å². The van der Waals surface area contributed by atoms with Crippen LogP contribution >= 0.6 is 0 Å². The minimum absolute atomic E-state index is 0.169. The molecule has 2 aromatic carbocycles. The Bertz CT molecular complexity index is 1010. The van der Waals surface area contributed by atoms with Gasteiger partial charge in [0, 0.05) is 32.4 Å². The molecule has 3 heterocycles. The van der Waals surface area contributed by atoms with Gasteiger partial charge in [-0.05, 0) is 43.3 Å². The monoisotopic (exact) mass is 405 g/mol. The number of benzene rings is 2. The molecule has 2 saturated heterocycles. The Morgan fingerprint density at radius 1 is 1.00 bits per heavy atom. The number of aliphatic imine (C=N–C) groups is 1. The molecule has 8 heteroatoms. The zero-order chi connectivity index (χ0) is 20.8. The largest absolute Gasteiger partial charge is 0.457 e. The number of amides is 3. The molecule has 2 unspecified atom stereocenters. The first-order valence-corrected chi connectivity index (χ1v) is 10.1. The van der Waals surface area contributed by atoms with Crippen LogP contribution in [0.25, 0.3) is 0 Å². The van der Waals surface area contributed by atoms with E-state index in [1.807, 2.05) is 66.4 Å². The molecular formula is C22H23N5O3. The highest BCUT2D eigenvalue weighted by molar-refractivity contribution is 6.07. The lowest BCUT2D eigenvalue weighted by Crippen LogP contribution is -2.64. The lowest BCUT2D eigenvalue weighted by atomic mass is 10.1. The van der Waals surface area contributed by atoms with Crippen molar-refractivity contribution in [1.82, 2.24) is 14.7 Å². The molecule has 3 aliphatic rings. The van der Waals surface area contributed by atoms with E-state index in [0.717, 1.165) is 29.7 Å². The summed E-state index contributed by atoms with van der Waals surface area (Å²) < 4.78 is 5.87. The number of anilines is 1. The van der Waals surface area contributed by atoms with Crippen LogP contribution < -0.4 is 9.64 Å². The molecule has 154 valence electrons. The van der Waals surface area contributed by atoms with Gasteiger partial charge in [0.05, 0.1) is 0 Å². The fourth-order valence-corrected chi connectivity index (χ4v) is 4.29. The first-order chi connectivity index (χ1) is 14.6. The van der Waals surface area contributed by atoms with Gasteiger partial charge in [-0.2, -0.15) is 0 Å². The van der Waals surface area contributed by atoms with E-state index in [4.69, 9.17) is 9.73 Å². The third kappa shape index (κ3) is 2.79. The van der Waals surface area contributed by atoms with E-state index in [2.05, 4.69) is 4.90 Å². The molecule has 0 aliphatic carbocycles. The Morgan fingerprint density at radius 3 is 2.40 bits per heavy atom. The number of urea groups is 1. The Morgan fingerprint density at radius 2 is 1.70 bits per heavy atom. The number of fused-ring (bicyclic) bond motifs is 3. The number of likely N-dealkylation sites (N-methyl/N-ethyl adjacent to an activating group) is 2. The fourth-order valence-electron chi connectivity index (χ4n) is 4.29. The normalized spacial score (nSPS) is 22.9. The SMILES string of the molecule is CCN1C(=O)C2C(N=C3N(c4ccc(Oc5ccccc5)cc4)CCN32)N(C)C1=O. The second-order valence-electron chi connectivity index (χ2n) is 7.52. The summed E-state index contributed by atoms with van der Waals surface area (Å²) in [4.78, 5) is 37.2. The average molecular weight is 405 g/mol. The Hall–Kier alpha value is -3.55. The van der Waals surface area contributed by atoms with Crippen LogP contribution in [0.2, 0.25) is 0 Å². The molecule has 0 spiro atoms. The summed E-state index contributed by atoms with van der Waals surface area (Å²) in [6, 6.07) is 16.7. The zero-order valence-corrected chi connectivity index (χ0v) is 16.9. The van der Waals surface area contributed by atoms with Crippen molar-refractivity contribution in [1.29, 1.82) is 0 Å². The molecule has 5 rings (SSSR count). The maximum absolute atomic E-state index is 12.9. The van der Waals surface area contributed by atoms with E-state index in [1.165, 1.54) is 4.90 Å². The van der Waals surface area contributed by atoms with Crippen LogP contribution in [0.15, 0.2) is 59.6 Å². The van der Waals surface area contributed by atoms with Crippen molar-refractivity contribution < 1.29 is 14.3 Å². The van der Waals surface area contributed by atoms with Crippen molar-refractivity contribution in [2.75, 3.05) is 31.6 Å². The molecule has 2 aromatic rings. The summed E-state index contributed by atoms with van der Waals surface area (Å²) in [6.45, 7) is 3.60. The van der Waals surface area contributed by atoms with Gasteiger partial charge in [-0.15, -0.1) is 0 Å². The van der Waals surface area contributed by atoms with Crippen LogP contribution in [0.5, 0.6) is 11.5 Å². The van der Waals surface area contributed by atoms with E-state index in [0.29, 0.717) is 13.1 Å². The van der Waals surface area contributed by atoms with Crippen LogP contribution in [0.1, 0.15) is 6.92 Å². The highest BCUT2D eigenvalue weighted by atomic mass is 16.5. The van der Waals surface area contributed by atoms with Crippen molar-refractivity contribution in [3.05, 3.63) is 54.6 Å². The molecule has 30 heavy (non-hydrogen) atoms. The number of hydrogen-bond donors (Lipinski definition) is 0. The van der Waals surface area contributed by atoms with Gasteiger partial charge in [0.15, 0.2) is 12.2 Å². The van der Waals surface area contributed by atoms with E-state index in [1.54, 1.807) is 11.9 Å². The summed E-state index contributed by atoms with van der Waals surface area (Å²) >= 11 is 0. The molecule has 2 atom stereocenters. The molecule has 8 nitrogen and oxygen atoms in total. The number of guanidine groups is 1. The number of carbonyl (C=O) groups excluding carboxylic acids is 2. The summed E-state index contributed by atoms with van der Waals surface area (Å²) in [5.74, 6) is 2.11. The molecular weight excluding hydrogens is 382 g/mol. The first-order valence-electron chi connectivity index (χ1n) is 10.1. The Balaban J connectivity index is 1.38. The minimum Gasteiger partial charge on any atom is -0.457 e. The van der Waals surface area contributed by atoms with Gasteiger partial charge >= 0.3 is 6.03 Å². The van der Waals surface area contributed by atoms with Crippen LogP contribution in [-0.2, 0) is 4.79 Å². The van der Waals surface area contributed by atoms with Crippen LogP contribution in [0.3, 0.4) is 0 Å². The standard InChI is InChI=1S/C22H23N5O3/c1-3-25-20(28)18-19(24(2)22(25)29)23-21-26(13-14-27(18)21)15-9-11-17(12-10-15)30-16-7-5-4-6-8-16/h4-12,18-19H,3,13-14H2,1-2H3. The third-order valence-electron chi connectivity index (χ3n) is 5.82. The molecule has 0 aromatic heterocycles. The lowest BCUT2D eigenvalue weighted by Gasteiger charge is -2.40. The summed E-state index contributed by atoms with van der Waals surface area (Å²) in [5.41, 5.74) is 0.976. The fraction of sp³-hybridized carbons (Fsp3) is 0.318. The van der Waals surface area contributed by atoms with Gasteiger partial charge in [-0.25, -0.2) is 9.79 Å². The van der Waals surface area contributed by atoms with Crippen molar-refractivity contribution in [2.24, 2.45) is 4.99 Å². The number of rotatable bonds is 4. The van der Waals surface area contributed by atoms with Crippen molar-refractivity contribution in [3.63, 3.8) is 0 Å². The number of nitrogens with zero attached hydrogens (tertiary/aromatic N) is 5.